The van der Waals surface area contributed by atoms with E-state index in [1.54, 1.807) is 7.11 Å². The fourth-order valence-corrected chi connectivity index (χ4v) is 2.11. The summed E-state index contributed by atoms with van der Waals surface area (Å²) >= 11 is 1.09. The number of aromatic nitrogens is 3. The summed E-state index contributed by atoms with van der Waals surface area (Å²) in [6.07, 6.45) is 0.670. The number of rotatable bonds is 7. The van der Waals surface area contributed by atoms with Crippen LogP contribution in [0.5, 0.6) is 0 Å². The van der Waals surface area contributed by atoms with E-state index in [1.807, 2.05) is 0 Å². The van der Waals surface area contributed by atoms with Gasteiger partial charge in [-0.05, 0) is 6.42 Å². The first kappa shape index (κ1) is 15.4. The molecule has 2 amide bonds. The van der Waals surface area contributed by atoms with Crippen LogP contribution in [0.25, 0.3) is 0 Å². The second-order valence-corrected chi connectivity index (χ2v) is 4.64. The molecule has 1 heterocycles. The van der Waals surface area contributed by atoms with Crippen LogP contribution in [-0.4, -0.2) is 46.0 Å². The summed E-state index contributed by atoms with van der Waals surface area (Å²) in [5.74, 6) is -0.810. The number of H-pyrrole nitrogens is 1. The van der Waals surface area contributed by atoms with Gasteiger partial charge in [-0.1, -0.05) is 11.8 Å². The Kier molecular flexibility index (Phi) is 6.30. The number of thioether (sulfide) groups is 1. The molecule has 106 valence electrons. The molecule has 1 rings (SSSR count). The summed E-state index contributed by atoms with van der Waals surface area (Å²) in [4.78, 5) is 33.5. The monoisotopic (exact) mass is 288 g/mol. The Morgan fingerprint density at radius 2 is 2.26 bits per heavy atom. The van der Waals surface area contributed by atoms with Crippen molar-refractivity contribution in [3.05, 3.63) is 10.5 Å². The molecule has 0 bridgehead atoms. The smallest absolute Gasteiger partial charge is 0.343 e. The first-order valence-corrected chi connectivity index (χ1v) is 6.60. The van der Waals surface area contributed by atoms with Crippen molar-refractivity contribution in [2.24, 2.45) is 0 Å². The van der Waals surface area contributed by atoms with Crippen molar-refractivity contribution in [2.75, 3.05) is 19.5 Å². The van der Waals surface area contributed by atoms with E-state index in [0.717, 1.165) is 11.8 Å². The Bertz CT molecular complexity index is 496. The van der Waals surface area contributed by atoms with Gasteiger partial charge in [-0.25, -0.2) is 9.89 Å². The van der Waals surface area contributed by atoms with Crippen LogP contribution in [0.1, 0.15) is 13.3 Å². The largest absolute Gasteiger partial charge is 0.385 e. The fourth-order valence-electron chi connectivity index (χ4n) is 1.34. The van der Waals surface area contributed by atoms with Crippen LogP contribution in [0.2, 0.25) is 0 Å². The molecule has 0 spiro atoms. The van der Waals surface area contributed by atoms with E-state index in [1.165, 1.54) is 11.5 Å². The van der Waals surface area contributed by atoms with Gasteiger partial charge in [0.25, 0.3) is 0 Å². The highest BCUT2D eigenvalue weighted by molar-refractivity contribution is 7.99. The number of aromatic amines is 1. The summed E-state index contributed by atoms with van der Waals surface area (Å²) in [7, 11) is 1.58. The average molecular weight is 288 g/mol. The van der Waals surface area contributed by atoms with E-state index in [-0.39, 0.29) is 11.4 Å². The maximum absolute atomic E-state index is 11.5. The average Bonchev–Trinajstić information content (AvgIpc) is 2.68. The molecule has 1 aromatic heterocycles. The topological polar surface area (TPSA) is 106 Å². The Morgan fingerprint density at radius 3 is 2.89 bits per heavy atom. The van der Waals surface area contributed by atoms with Crippen LogP contribution in [0, 0.1) is 0 Å². The van der Waals surface area contributed by atoms with Gasteiger partial charge in [0.05, 0.1) is 5.75 Å². The standard InChI is InChI=1S/C10H16N4O4S/c1-7(15)11-8(16)6-19-10-13-12-9(17)14(10)4-3-5-18-2/h3-6H2,1-2H3,(H,12,17)(H,11,15,16). The van der Waals surface area contributed by atoms with Gasteiger partial charge in [0.15, 0.2) is 5.16 Å². The van der Waals surface area contributed by atoms with Gasteiger partial charge in [-0.2, -0.15) is 0 Å². The summed E-state index contributed by atoms with van der Waals surface area (Å²) in [6.45, 7) is 2.25. The minimum atomic E-state index is -0.420. The third-order valence-electron chi connectivity index (χ3n) is 2.10. The molecule has 19 heavy (non-hydrogen) atoms. The highest BCUT2D eigenvalue weighted by Gasteiger charge is 2.11. The molecule has 0 aliphatic heterocycles. The number of nitrogens with zero attached hydrogens (tertiary/aromatic N) is 2. The molecule has 0 radical (unpaired) electrons. The lowest BCUT2D eigenvalue weighted by Gasteiger charge is -2.04. The lowest BCUT2D eigenvalue weighted by molar-refractivity contribution is -0.127. The van der Waals surface area contributed by atoms with Gasteiger partial charge < -0.3 is 4.74 Å². The number of ether oxygens (including phenoxy) is 1. The number of nitrogens with one attached hydrogen (secondary N) is 2. The Labute approximate surface area is 113 Å². The number of carbonyl (C=O) groups is 2. The molecule has 0 aromatic carbocycles. The van der Waals surface area contributed by atoms with Crippen LogP contribution >= 0.6 is 11.8 Å². The van der Waals surface area contributed by atoms with Crippen molar-refractivity contribution < 1.29 is 14.3 Å². The van der Waals surface area contributed by atoms with Crippen molar-refractivity contribution in [3.63, 3.8) is 0 Å². The molecule has 2 N–H and O–H groups in total. The molecule has 0 atom stereocenters. The van der Waals surface area contributed by atoms with Gasteiger partial charge in [0, 0.05) is 27.2 Å². The second kappa shape index (κ2) is 7.74. The van der Waals surface area contributed by atoms with Crippen molar-refractivity contribution in [1.29, 1.82) is 0 Å². The quantitative estimate of drug-likeness (QED) is 0.511. The normalized spacial score (nSPS) is 10.4. The van der Waals surface area contributed by atoms with Crippen LogP contribution < -0.4 is 11.0 Å². The maximum Gasteiger partial charge on any atom is 0.343 e. The third kappa shape index (κ3) is 5.26. The van der Waals surface area contributed by atoms with E-state index < -0.39 is 11.8 Å². The van der Waals surface area contributed by atoms with Gasteiger partial charge in [-0.3, -0.25) is 19.5 Å². The molecule has 0 fully saturated rings. The number of hydrogen-bond donors (Lipinski definition) is 2. The van der Waals surface area contributed by atoms with Crippen molar-refractivity contribution in [3.8, 4) is 0 Å². The van der Waals surface area contributed by atoms with E-state index in [0.29, 0.717) is 24.7 Å². The molecule has 8 nitrogen and oxygen atoms in total. The SMILES string of the molecule is COCCCn1c(SCC(=O)NC(C)=O)n[nH]c1=O. The number of methoxy groups -OCH3 is 1. The number of carbonyl (C=O) groups excluding carboxylic acids is 2. The lowest BCUT2D eigenvalue weighted by atomic mass is 10.4. The molecular weight excluding hydrogens is 272 g/mol. The molecule has 0 unspecified atom stereocenters. The molecule has 1 aromatic rings. The van der Waals surface area contributed by atoms with Crippen molar-refractivity contribution in [2.45, 2.75) is 25.0 Å². The first-order valence-electron chi connectivity index (χ1n) is 5.62. The second-order valence-electron chi connectivity index (χ2n) is 3.70. The predicted octanol–water partition coefficient (Wildman–Crippen LogP) is -0.637. The van der Waals surface area contributed by atoms with Gasteiger partial charge >= 0.3 is 5.69 Å². The highest BCUT2D eigenvalue weighted by Crippen LogP contribution is 2.12. The Morgan fingerprint density at radius 1 is 1.53 bits per heavy atom. The molecule has 0 aliphatic carbocycles. The minimum absolute atomic E-state index is 0.0220. The molecule has 0 aliphatic rings. The van der Waals surface area contributed by atoms with Crippen molar-refractivity contribution >= 4 is 23.6 Å². The van der Waals surface area contributed by atoms with E-state index in [9.17, 15) is 14.4 Å². The Balaban J connectivity index is 2.56. The molecule has 9 heteroatoms. The van der Waals surface area contributed by atoms with E-state index in [4.69, 9.17) is 4.74 Å². The molecular formula is C10H16N4O4S. The number of imide groups is 1. The zero-order valence-corrected chi connectivity index (χ0v) is 11.6. The maximum atomic E-state index is 11.5. The molecule has 0 saturated carbocycles. The third-order valence-corrected chi connectivity index (χ3v) is 3.08. The zero-order chi connectivity index (χ0) is 14.3. The summed E-state index contributed by atoms with van der Waals surface area (Å²) in [6, 6.07) is 0. The minimum Gasteiger partial charge on any atom is -0.385 e. The summed E-state index contributed by atoms with van der Waals surface area (Å²) < 4.78 is 6.34. The van der Waals surface area contributed by atoms with Gasteiger partial charge in [0.2, 0.25) is 11.8 Å². The van der Waals surface area contributed by atoms with Crippen LogP contribution in [-0.2, 0) is 20.9 Å². The Hall–Kier alpha value is -1.61. The van der Waals surface area contributed by atoms with E-state index >= 15 is 0 Å². The predicted molar refractivity (Wildman–Crippen MR) is 68.9 cm³/mol. The van der Waals surface area contributed by atoms with Crippen LogP contribution in [0.15, 0.2) is 9.95 Å². The number of amides is 2. The first-order chi connectivity index (χ1) is 9.04. The van der Waals surface area contributed by atoms with Crippen LogP contribution in [0.4, 0.5) is 0 Å². The van der Waals surface area contributed by atoms with Crippen LogP contribution in [0.3, 0.4) is 0 Å². The number of hydrogen-bond acceptors (Lipinski definition) is 6. The van der Waals surface area contributed by atoms with E-state index in [2.05, 4.69) is 15.5 Å². The molecule has 0 saturated heterocycles. The summed E-state index contributed by atoms with van der Waals surface area (Å²) in [5, 5.41) is 8.72. The fraction of sp³-hybridized carbons (Fsp3) is 0.600. The van der Waals surface area contributed by atoms with Crippen molar-refractivity contribution in [1.82, 2.24) is 20.1 Å². The van der Waals surface area contributed by atoms with Gasteiger partial charge in [0.1, 0.15) is 0 Å². The zero-order valence-electron chi connectivity index (χ0n) is 10.8. The highest BCUT2D eigenvalue weighted by atomic mass is 32.2. The van der Waals surface area contributed by atoms with Gasteiger partial charge in [-0.15, -0.1) is 5.10 Å². The summed E-state index contributed by atoms with van der Waals surface area (Å²) in [5.41, 5.74) is -0.328. The lowest BCUT2D eigenvalue weighted by Crippen LogP contribution is -2.29.